The van der Waals surface area contributed by atoms with Gasteiger partial charge in [0, 0.05) is 31.0 Å². The van der Waals surface area contributed by atoms with Gasteiger partial charge in [-0.15, -0.1) is 5.10 Å². The van der Waals surface area contributed by atoms with Gasteiger partial charge in [-0.3, -0.25) is 0 Å². The second-order valence-corrected chi connectivity index (χ2v) is 7.11. The predicted molar refractivity (Wildman–Crippen MR) is 83.0 cm³/mol. The van der Waals surface area contributed by atoms with Crippen LogP contribution in [0.3, 0.4) is 0 Å². The van der Waals surface area contributed by atoms with Gasteiger partial charge < -0.3 is 4.42 Å². The van der Waals surface area contributed by atoms with Gasteiger partial charge in [-0.25, -0.2) is 8.42 Å². The number of rotatable bonds is 5. The Balaban J connectivity index is 1.98. The Hall–Kier alpha value is -2.26. The fourth-order valence-corrected chi connectivity index (χ4v) is 3.36. The zero-order chi connectivity index (χ0) is 16.6. The van der Waals surface area contributed by atoms with Crippen LogP contribution in [0.15, 0.2) is 33.8 Å². The van der Waals surface area contributed by atoms with E-state index in [1.165, 1.54) is 18.4 Å². The zero-order valence-corrected chi connectivity index (χ0v) is 13.9. The summed E-state index contributed by atoms with van der Waals surface area (Å²) in [6.07, 6.45) is 0.682. The molecule has 0 unspecified atom stereocenters. The molecule has 9 heteroatoms. The largest absolute Gasteiger partial charge is 0.461 e. The first-order valence-electron chi connectivity index (χ1n) is 7.13. The summed E-state index contributed by atoms with van der Waals surface area (Å²) < 4.78 is 32.1. The van der Waals surface area contributed by atoms with Gasteiger partial charge in [-0.2, -0.15) is 9.10 Å². The van der Waals surface area contributed by atoms with Crippen LogP contribution in [0, 0.1) is 0 Å². The summed E-state index contributed by atoms with van der Waals surface area (Å²) in [4.78, 5) is 1.12. The molecule has 2 aromatic heterocycles. The van der Waals surface area contributed by atoms with E-state index in [9.17, 15) is 8.42 Å². The first-order chi connectivity index (χ1) is 10.9. The number of hydrogen-bond acceptors (Lipinski definition) is 6. The Bertz CT molecular complexity index is 944. The molecule has 0 bridgehead atoms. The Morgan fingerprint density at radius 2 is 2.04 bits per heavy atom. The summed E-state index contributed by atoms with van der Waals surface area (Å²) in [7, 11) is -0.790. The molecule has 0 aliphatic rings. The number of aryl methyl sites for hydroxylation is 2. The highest BCUT2D eigenvalue weighted by Gasteiger charge is 2.28. The van der Waals surface area contributed by atoms with Gasteiger partial charge in [0.05, 0.1) is 7.05 Å². The van der Waals surface area contributed by atoms with Crippen molar-refractivity contribution in [2.24, 2.45) is 7.05 Å². The van der Waals surface area contributed by atoms with Crippen LogP contribution in [0.4, 0.5) is 0 Å². The normalized spacial score (nSPS) is 12.3. The lowest BCUT2D eigenvalue weighted by Gasteiger charge is -2.14. The molecule has 0 aliphatic carbocycles. The molecule has 0 saturated carbocycles. The summed E-state index contributed by atoms with van der Waals surface area (Å²) in [6, 6.07) is 7.59. The molecule has 1 aromatic carbocycles. The second kappa shape index (κ2) is 5.74. The third-order valence-corrected chi connectivity index (χ3v) is 5.19. The number of tetrazole rings is 1. The van der Waals surface area contributed by atoms with Crippen LogP contribution >= 0.6 is 0 Å². The molecule has 0 atom stereocenters. The van der Waals surface area contributed by atoms with E-state index in [0.29, 0.717) is 6.42 Å². The summed E-state index contributed by atoms with van der Waals surface area (Å²) in [5, 5.41) is 11.6. The molecule has 0 spiro atoms. The van der Waals surface area contributed by atoms with Crippen molar-refractivity contribution in [2.75, 3.05) is 7.05 Å². The number of para-hydroxylation sites is 1. The summed E-state index contributed by atoms with van der Waals surface area (Å²) in [6.45, 7) is 2.15. The quantitative estimate of drug-likeness (QED) is 0.698. The van der Waals surface area contributed by atoms with Crippen LogP contribution in [0.2, 0.25) is 0 Å². The van der Waals surface area contributed by atoms with Crippen molar-refractivity contribution < 1.29 is 12.8 Å². The van der Waals surface area contributed by atoms with E-state index in [2.05, 4.69) is 15.4 Å². The van der Waals surface area contributed by atoms with E-state index in [1.807, 2.05) is 31.2 Å². The molecule has 0 fully saturated rings. The van der Waals surface area contributed by atoms with E-state index >= 15 is 0 Å². The molecule has 0 amide bonds. The first kappa shape index (κ1) is 15.6. The van der Waals surface area contributed by atoms with Crippen LogP contribution < -0.4 is 0 Å². The minimum absolute atomic E-state index is 0.181. The number of benzene rings is 1. The van der Waals surface area contributed by atoms with Gasteiger partial charge in [0.1, 0.15) is 11.3 Å². The van der Waals surface area contributed by atoms with E-state index in [0.717, 1.165) is 27.1 Å². The third kappa shape index (κ3) is 2.73. The molecular weight excluding hydrogens is 318 g/mol. The third-order valence-electron chi connectivity index (χ3n) is 3.61. The molecule has 0 saturated heterocycles. The Morgan fingerprint density at radius 3 is 2.70 bits per heavy atom. The van der Waals surface area contributed by atoms with Crippen molar-refractivity contribution in [2.45, 2.75) is 25.0 Å². The van der Waals surface area contributed by atoms with Crippen LogP contribution in [0.25, 0.3) is 11.0 Å². The van der Waals surface area contributed by atoms with Crippen molar-refractivity contribution in [1.82, 2.24) is 24.5 Å². The average molecular weight is 335 g/mol. The lowest BCUT2D eigenvalue weighted by Crippen LogP contribution is -2.27. The Morgan fingerprint density at radius 1 is 1.30 bits per heavy atom. The fourth-order valence-electron chi connectivity index (χ4n) is 2.43. The first-order valence-corrected chi connectivity index (χ1v) is 8.57. The number of sulfonamides is 1. The monoisotopic (exact) mass is 335 g/mol. The van der Waals surface area contributed by atoms with Crippen LogP contribution in [0.5, 0.6) is 0 Å². The van der Waals surface area contributed by atoms with Gasteiger partial charge >= 0.3 is 5.16 Å². The van der Waals surface area contributed by atoms with Crippen LogP contribution in [-0.2, 0) is 30.0 Å². The topological polar surface area (TPSA) is 94.1 Å². The number of hydrogen-bond donors (Lipinski definition) is 0. The maximum absolute atomic E-state index is 12.5. The zero-order valence-electron chi connectivity index (χ0n) is 13.1. The van der Waals surface area contributed by atoms with Gasteiger partial charge in [0.25, 0.3) is 10.0 Å². The summed E-state index contributed by atoms with van der Waals surface area (Å²) in [5.74, 6) is 0.778. The average Bonchev–Trinajstić information content (AvgIpc) is 3.12. The number of furan rings is 1. The van der Waals surface area contributed by atoms with Gasteiger partial charge in [-0.1, -0.05) is 30.2 Å². The summed E-state index contributed by atoms with van der Waals surface area (Å²) in [5.41, 5.74) is 1.61. The highest BCUT2D eigenvalue weighted by Crippen LogP contribution is 2.28. The maximum Gasteiger partial charge on any atom is 0.303 e. The van der Waals surface area contributed by atoms with E-state index in [4.69, 9.17) is 4.42 Å². The second-order valence-electron chi connectivity index (χ2n) is 5.18. The van der Waals surface area contributed by atoms with Crippen molar-refractivity contribution in [3.63, 3.8) is 0 Å². The van der Waals surface area contributed by atoms with Crippen molar-refractivity contribution in [1.29, 1.82) is 0 Å². The molecule has 122 valence electrons. The molecule has 8 nitrogen and oxygen atoms in total. The van der Waals surface area contributed by atoms with Crippen LogP contribution in [0.1, 0.15) is 18.2 Å². The Labute approximate surface area is 133 Å². The molecule has 3 aromatic rings. The minimum Gasteiger partial charge on any atom is -0.461 e. The molecule has 23 heavy (non-hydrogen) atoms. The predicted octanol–water partition coefficient (Wildman–Crippen LogP) is 1.34. The highest BCUT2D eigenvalue weighted by molar-refractivity contribution is 7.88. The molecule has 0 aliphatic heterocycles. The van der Waals surface area contributed by atoms with Crippen LogP contribution in [-0.4, -0.2) is 40.0 Å². The molecule has 0 radical (unpaired) electrons. The molecule has 3 rings (SSSR count). The van der Waals surface area contributed by atoms with E-state index < -0.39 is 10.0 Å². The van der Waals surface area contributed by atoms with Crippen molar-refractivity contribution >= 4 is 21.0 Å². The lowest BCUT2D eigenvalue weighted by atomic mass is 10.1. The van der Waals surface area contributed by atoms with E-state index in [1.54, 1.807) is 0 Å². The van der Waals surface area contributed by atoms with Gasteiger partial charge in [-0.05, 0) is 11.3 Å². The van der Waals surface area contributed by atoms with Gasteiger partial charge in [0.2, 0.25) is 0 Å². The SMILES string of the molecule is CCc1oc2ccccc2c1CN(C)S(=O)(=O)c1nnn(C)n1. The Kier molecular flexibility index (Phi) is 3.90. The molecular formula is C14H17N5O3S. The standard InChI is InChI=1S/C14H17N5O3S/c1-4-12-11(10-7-5-6-8-13(10)22-12)9-18(2)23(20,21)14-15-17-19(3)16-14/h5-8H,4,9H2,1-3H3. The fraction of sp³-hybridized carbons (Fsp3) is 0.357. The number of fused-ring (bicyclic) bond motifs is 1. The smallest absolute Gasteiger partial charge is 0.303 e. The maximum atomic E-state index is 12.5. The minimum atomic E-state index is -3.80. The highest BCUT2D eigenvalue weighted by atomic mass is 32.2. The number of aromatic nitrogens is 4. The van der Waals surface area contributed by atoms with Crippen molar-refractivity contribution in [3.05, 3.63) is 35.6 Å². The molecule has 0 N–H and O–H groups in total. The number of nitrogens with zero attached hydrogens (tertiary/aromatic N) is 5. The van der Waals surface area contributed by atoms with Gasteiger partial charge in [0.15, 0.2) is 0 Å². The molecule has 2 heterocycles. The lowest BCUT2D eigenvalue weighted by molar-refractivity contribution is 0.452. The van der Waals surface area contributed by atoms with Crippen molar-refractivity contribution in [3.8, 4) is 0 Å². The summed E-state index contributed by atoms with van der Waals surface area (Å²) >= 11 is 0. The van der Waals surface area contributed by atoms with E-state index in [-0.39, 0.29) is 11.7 Å².